The van der Waals surface area contributed by atoms with Crippen LogP contribution in [0.2, 0.25) is 0 Å². The molecule has 0 amide bonds. The Morgan fingerprint density at radius 1 is 1.26 bits per heavy atom. The van der Waals surface area contributed by atoms with Crippen LogP contribution in [0.15, 0.2) is 12.4 Å². The van der Waals surface area contributed by atoms with E-state index in [1.54, 1.807) is 24.6 Å². The van der Waals surface area contributed by atoms with Gasteiger partial charge in [0.2, 0.25) is 0 Å². The summed E-state index contributed by atoms with van der Waals surface area (Å²) in [6.07, 6.45) is 1.12. The van der Waals surface area contributed by atoms with Gasteiger partial charge in [-0.15, -0.1) is 11.3 Å². The fraction of sp³-hybridized carbons (Fsp3) is 0.438. The van der Waals surface area contributed by atoms with Crippen molar-refractivity contribution in [3.63, 3.8) is 0 Å². The Hall–Kier alpha value is -1.99. The van der Waals surface area contributed by atoms with Crippen LogP contribution in [0.25, 0.3) is 10.2 Å². The zero-order valence-corrected chi connectivity index (χ0v) is 14.3. The molecule has 0 saturated carbocycles. The van der Waals surface area contributed by atoms with E-state index >= 15 is 0 Å². The molecule has 1 atom stereocenters. The third kappa shape index (κ3) is 2.31. The molecular weight excluding hydrogens is 310 g/mol. The van der Waals surface area contributed by atoms with Crippen molar-refractivity contribution < 1.29 is 5.11 Å². The smallest absolute Gasteiger partial charge is 0.141 e. The second-order valence-corrected chi connectivity index (χ2v) is 7.25. The molecule has 3 aromatic rings. The Kier molecular flexibility index (Phi) is 3.35. The molecule has 23 heavy (non-hydrogen) atoms. The van der Waals surface area contributed by atoms with Gasteiger partial charge in [-0.3, -0.25) is 4.68 Å². The van der Waals surface area contributed by atoms with Crippen molar-refractivity contribution in [1.29, 1.82) is 0 Å². The average molecular weight is 329 g/mol. The number of aliphatic hydroxyl groups is 1. The molecule has 0 aromatic carbocycles. The van der Waals surface area contributed by atoms with Crippen LogP contribution in [0.3, 0.4) is 0 Å². The summed E-state index contributed by atoms with van der Waals surface area (Å²) >= 11 is 1.72. The van der Waals surface area contributed by atoms with Crippen molar-refractivity contribution >= 4 is 27.4 Å². The van der Waals surface area contributed by atoms with Gasteiger partial charge >= 0.3 is 0 Å². The number of aryl methyl sites for hydroxylation is 2. The number of nitrogens with zero attached hydrogens (tertiary/aromatic N) is 5. The SMILES string of the molecule is Cc1sc2ncnc(N3CCn4nc(C(C)O)cc4C3)c2c1C. The molecule has 120 valence electrons. The minimum Gasteiger partial charge on any atom is -0.387 e. The van der Waals surface area contributed by atoms with Crippen LogP contribution in [-0.2, 0) is 13.1 Å². The largest absolute Gasteiger partial charge is 0.387 e. The number of aliphatic hydroxyl groups excluding tert-OH is 1. The lowest BCUT2D eigenvalue weighted by Gasteiger charge is -2.29. The molecule has 6 nitrogen and oxygen atoms in total. The Bertz CT molecular complexity index is 882. The van der Waals surface area contributed by atoms with Crippen molar-refractivity contribution in [2.75, 3.05) is 11.4 Å². The van der Waals surface area contributed by atoms with Crippen LogP contribution < -0.4 is 4.90 Å². The number of hydrogen-bond donors (Lipinski definition) is 1. The quantitative estimate of drug-likeness (QED) is 0.783. The molecule has 1 aliphatic heterocycles. The highest BCUT2D eigenvalue weighted by molar-refractivity contribution is 7.18. The highest BCUT2D eigenvalue weighted by Crippen LogP contribution is 2.35. The van der Waals surface area contributed by atoms with Gasteiger partial charge in [-0.25, -0.2) is 9.97 Å². The van der Waals surface area contributed by atoms with Crippen LogP contribution in [0.1, 0.15) is 34.9 Å². The maximum Gasteiger partial charge on any atom is 0.141 e. The van der Waals surface area contributed by atoms with Gasteiger partial charge in [-0.05, 0) is 32.4 Å². The predicted octanol–water partition coefficient (Wildman–Crippen LogP) is 2.58. The summed E-state index contributed by atoms with van der Waals surface area (Å²) in [7, 11) is 0. The molecule has 0 spiro atoms. The molecule has 7 heteroatoms. The van der Waals surface area contributed by atoms with Crippen LogP contribution in [0.5, 0.6) is 0 Å². The van der Waals surface area contributed by atoms with Gasteiger partial charge in [0, 0.05) is 11.4 Å². The lowest BCUT2D eigenvalue weighted by Crippen LogP contribution is -2.34. The van der Waals surface area contributed by atoms with Crippen molar-refractivity contribution in [2.45, 2.75) is 40.0 Å². The van der Waals surface area contributed by atoms with Crippen molar-refractivity contribution in [3.05, 3.63) is 34.2 Å². The lowest BCUT2D eigenvalue weighted by atomic mass is 10.2. The summed E-state index contributed by atoms with van der Waals surface area (Å²) < 4.78 is 1.99. The number of hydrogen-bond acceptors (Lipinski definition) is 6. The fourth-order valence-electron chi connectivity index (χ4n) is 3.08. The molecule has 0 bridgehead atoms. The van der Waals surface area contributed by atoms with Gasteiger partial charge in [0.25, 0.3) is 0 Å². The number of rotatable bonds is 2. The Morgan fingerprint density at radius 2 is 2.09 bits per heavy atom. The average Bonchev–Trinajstić information content (AvgIpc) is 3.08. The van der Waals surface area contributed by atoms with Gasteiger partial charge in [0.15, 0.2) is 0 Å². The molecule has 3 aromatic heterocycles. The van der Waals surface area contributed by atoms with Gasteiger partial charge < -0.3 is 10.0 Å². The fourth-order valence-corrected chi connectivity index (χ4v) is 4.07. The van der Waals surface area contributed by atoms with Crippen molar-refractivity contribution in [1.82, 2.24) is 19.7 Å². The molecule has 0 radical (unpaired) electrons. The van der Waals surface area contributed by atoms with Gasteiger partial charge in [-0.2, -0.15) is 5.10 Å². The van der Waals surface area contributed by atoms with E-state index in [0.717, 1.165) is 41.7 Å². The zero-order valence-electron chi connectivity index (χ0n) is 13.4. The molecule has 0 saturated heterocycles. The van der Waals surface area contributed by atoms with Crippen LogP contribution in [0.4, 0.5) is 5.82 Å². The maximum absolute atomic E-state index is 9.73. The lowest BCUT2D eigenvalue weighted by molar-refractivity contribution is 0.193. The van der Waals surface area contributed by atoms with E-state index in [-0.39, 0.29) is 0 Å². The van der Waals surface area contributed by atoms with E-state index in [4.69, 9.17) is 0 Å². The first-order valence-electron chi connectivity index (χ1n) is 7.75. The highest BCUT2D eigenvalue weighted by Gasteiger charge is 2.23. The number of thiophene rings is 1. The topological polar surface area (TPSA) is 67.1 Å². The Labute approximate surface area is 138 Å². The Morgan fingerprint density at radius 3 is 2.87 bits per heavy atom. The van der Waals surface area contributed by atoms with Crippen molar-refractivity contribution in [2.24, 2.45) is 0 Å². The van der Waals surface area contributed by atoms with Crippen LogP contribution in [-0.4, -0.2) is 31.4 Å². The van der Waals surface area contributed by atoms with E-state index in [2.05, 4.69) is 33.8 Å². The molecule has 0 fully saturated rings. The molecule has 1 N–H and O–H groups in total. The van der Waals surface area contributed by atoms with E-state index < -0.39 is 6.10 Å². The van der Waals surface area contributed by atoms with E-state index in [9.17, 15) is 5.11 Å². The minimum absolute atomic E-state index is 0.533. The molecule has 0 aliphatic carbocycles. The molecular formula is C16H19N5OS. The first-order valence-corrected chi connectivity index (χ1v) is 8.56. The number of anilines is 1. The van der Waals surface area contributed by atoms with Crippen LogP contribution in [0, 0.1) is 13.8 Å². The van der Waals surface area contributed by atoms with Crippen LogP contribution >= 0.6 is 11.3 Å². The maximum atomic E-state index is 9.73. The number of aromatic nitrogens is 4. The molecule has 1 aliphatic rings. The monoisotopic (exact) mass is 329 g/mol. The standard InChI is InChI=1S/C16H19N5OS/c1-9-11(3)23-16-14(9)15(17-8-18-16)20-4-5-21-12(7-20)6-13(19-21)10(2)22/h6,8,10,22H,4-5,7H2,1-3H3. The first-order chi connectivity index (χ1) is 11.0. The second-order valence-electron chi connectivity index (χ2n) is 6.04. The zero-order chi connectivity index (χ0) is 16.1. The van der Waals surface area contributed by atoms with Gasteiger partial charge in [0.05, 0.1) is 36.0 Å². The van der Waals surface area contributed by atoms with Gasteiger partial charge in [-0.1, -0.05) is 0 Å². The van der Waals surface area contributed by atoms with E-state index in [1.165, 1.54) is 15.8 Å². The summed E-state index contributed by atoms with van der Waals surface area (Å²) in [5.74, 6) is 1.00. The van der Waals surface area contributed by atoms with E-state index in [0.29, 0.717) is 0 Å². The minimum atomic E-state index is -0.533. The highest BCUT2D eigenvalue weighted by atomic mass is 32.1. The summed E-state index contributed by atoms with van der Waals surface area (Å²) in [5, 5.41) is 15.4. The molecule has 4 rings (SSSR count). The first kappa shape index (κ1) is 14.6. The second kappa shape index (κ2) is 5.28. The van der Waals surface area contributed by atoms with Crippen molar-refractivity contribution in [3.8, 4) is 0 Å². The van der Waals surface area contributed by atoms with Gasteiger partial charge in [0.1, 0.15) is 17.0 Å². The molecule has 4 heterocycles. The number of fused-ring (bicyclic) bond motifs is 2. The third-order valence-corrected chi connectivity index (χ3v) is 5.60. The van der Waals surface area contributed by atoms with E-state index in [1.807, 2.05) is 10.7 Å². The summed E-state index contributed by atoms with van der Waals surface area (Å²) in [5.41, 5.74) is 3.12. The summed E-state index contributed by atoms with van der Waals surface area (Å²) in [6.45, 7) is 8.42. The Balaban J connectivity index is 1.75. The third-order valence-electron chi connectivity index (χ3n) is 4.49. The summed E-state index contributed by atoms with van der Waals surface area (Å²) in [6, 6.07) is 1.99. The summed E-state index contributed by atoms with van der Waals surface area (Å²) in [4.78, 5) is 13.6. The predicted molar refractivity (Wildman–Crippen MR) is 90.8 cm³/mol. The molecule has 1 unspecified atom stereocenters. The normalized spacial score (nSPS) is 15.9.